The van der Waals surface area contributed by atoms with Gasteiger partial charge in [0.25, 0.3) is 0 Å². The number of carbonyl (C=O) groups is 2. The summed E-state index contributed by atoms with van der Waals surface area (Å²) in [5.41, 5.74) is -1.43. The van der Waals surface area contributed by atoms with Crippen LogP contribution in [0.5, 0.6) is 0 Å². The van der Waals surface area contributed by atoms with Crippen LogP contribution in [-0.2, 0) is 9.47 Å². The summed E-state index contributed by atoms with van der Waals surface area (Å²) >= 11 is 0. The van der Waals surface area contributed by atoms with E-state index in [4.69, 9.17) is 9.47 Å². The van der Waals surface area contributed by atoms with E-state index in [2.05, 4.69) is 28.7 Å². The van der Waals surface area contributed by atoms with Gasteiger partial charge in [-0.3, -0.25) is 5.32 Å². The Balaban J connectivity index is 5.22. The second-order valence-corrected chi connectivity index (χ2v) is 6.21. The van der Waals surface area contributed by atoms with Crippen molar-refractivity contribution in [3.05, 3.63) is 12.8 Å². The zero-order chi connectivity index (χ0) is 17.6. The van der Waals surface area contributed by atoms with Crippen LogP contribution in [0, 0.1) is 0 Å². The van der Waals surface area contributed by atoms with Gasteiger partial charge in [-0.15, -0.1) is 4.99 Å². The molecule has 1 N–H and O–H groups in total. The molecule has 0 aliphatic heterocycles. The van der Waals surface area contributed by atoms with E-state index >= 15 is 0 Å². The number of nitrogens with zero attached hydrogens (tertiary/aromatic N) is 3. The number of amides is 2. The third-order valence-electron chi connectivity index (χ3n) is 1.75. The van der Waals surface area contributed by atoms with Crippen LogP contribution in [0.15, 0.2) is 22.9 Å². The van der Waals surface area contributed by atoms with Gasteiger partial charge in [0.05, 0.1) is 0 Å². The Morgan fingerprint density at radius 1 is 1.09 bits per heavy atom. The molecule has 0 spiro atoms. The summed E-state index contributed by atoms with van der Waals surface area (Å²) in [5, 5.41) is 6.87. The summed E-state index contributed by atoms with van der Waals surface area (Å²) < 4.78 is 10.1. The molecule has 0 aromatic rings. The van der Waals surface area contributed by atoms with E-state index in [0.717, 1.165) is 5.01 Å². The van der Waals surface area contributed by atoms with Gasteiger partial charge in [-0.1, -0.05) is 6.58 Å². The van der Waals surface area contributed by atoms with Crippen molar-refractivity contribution in [1.82, 2.24) is 10.3 Å². The molecule has 0 atom stereocenters. The number of hydrogen-bond acceptors (Lipinski definition) is 5. The minimum atomic E-state index is -0.894. The molecule has 0 aromatic carbocycles. The molecule has 8 nitrogen and oxygen atoms in total. The van der Waals surface area contributed by atoms with Crippen molar-refractivity contribution in [3.8, 4) is 0 Å². The predicted molar refractivity (Wildman–Crippen MR) is 84.6 cm³/mol. The Bertz CT molecular complexity index is 464. The summed E-state index contributed by atoms with van der Waals surface area (Å²) in [7, 11) is 0. The van der Waals surface area contributed by atoms with Crippen molar-refractivity contribution < 1.29 is 19.1 Å². The Morgan fingerprint density at radius 3 is 1.95 bits per heavy atom. The van der Waals surface area contributed by atoms with Crippen LogP contribution in [0.2, 0.25) is 0 Å². The van der Waals surface area contributed by atoms with Crippen LogP contribution in [0.1, 0.15) is 41.5 Å². The molecule has 0 radical (unpaired) electrons. The number of hydrogen-bond donors (Lipinski definition) is 1. The first-order chi connectivity index (χ1) is 9.88. The first-order valence-corrected chi connectivity index (χ1v) is 6.58. The van der Waals surface area contributed by atoms with E-state index in [0.29, 0.717) is 0 Å². The highest BCUT2D eigenvalue weighted by atomic mass is 16.6. The van der Waals surface area contributed by atoms with Crippen LogP contribution < -0.4 is 5.32 Å². The SMILES string of the molecule is C=CN(N=C)/C(=N\C(=O)OC(C)(C)C)NC(=O)OC(C)(C)C. The third-order valence-corrected chi connectivity index (χ3v) is 1.75. The largest absolute Gasteiger partial charge is 0.444 e. The second-order valence-electron chi connectivity index (χ2n) is 6.21. The normalized spacial score (nSPS) is 12.2. The fourth-order valence-corrected chi connectivity index (χ4v) is 1.11. The standard InChI is InChI=1S/C14H24N4O4/c1-9-18(15-8)10(16-11(19)21-13(2,3)4)17-12(20)22-14(5,6)7/h9H,1,8H2,2-7H3,(H,16,17,19,20). The Morgan fingerprint density at radius 2 is 1.59 bits per heavy atom. The zero-order valence-corrected chi connectivity index (χ0v) is 14.0. The monoisotopic (exact) mass is 312 g/mol. The molecule has 0 unspecified atom stereocenters. The Labute approximate surface area is 130 Å². The maximum absolute atomic E-state index is 11.8. The van der Waals surface area contributed by atoms with Gasteiger partial charge in [-0.25, -0.2) is 14.6 Å². The molecule has 0 aliphatic rings. The molecule has 0 rings (SSSR count). The highest BCUT2D eigenvalue weighted by Crippen LogP contribution is 2.09. The van der Waals surface area contributed by atoms with Crippen molar-refractivity contribution in [3.63, 3.8) is 0 Å². The van der Waals surface area contributed by atoms with Crippen LogP contribution in [0.4, 0.5) is 9.59 Å². The maximum Gasteiger partial charge on any atom is 0.437 e. The predicted octanol–water partition coefficient (Wildman–Crippen LogP) is 2.86. The van der Waals surface area contributed by atoms with E-state index in [9.17, 15) is 9.59 Å². The van der Waals surface area contributed by atoms with Crippen molar-refractivity contribution in [1.29, 1.82) is 0 Å². The molecule has 8 heteroatoms. The summed E-state index contributed by atoms with van der Waals surface area (Å²) in [6.45, 7) is 17.0. The minimum Gasteiger partial charge on any atom is -0.444 e. The minimum absolute atomic E-state index is 0.228. The molecular formula is C14H24N4O4. The number of aliphatic imine (C=N–C) groups is 1. The lowest BCUT2D eigenvalue weighted by molar-refractivity contribution is 0.0556. The van der Waals surface area contributed by atoms with Crippen LogP contribution >= 0.6 is 0 Å². The number of alkyl carbamates (subject to hydrolysis) is 1. The van der Waals surface area contributed by atoms with E-state index in [1.807, 2.05) is 0 Å². The summed E-state index contributed by atoms with van der Waals surface area (Å²) in [5.74, 6) is -0.228. The summed E-state index contributed by atoms with van der Waals surface area (Å²) in [6, 6.07) is 0. The van der Waals surface area contributed by atoms with E-state index in [-0.39, 0.29) is 5.96 Å². The molecular weight excluding hydrogens is 288 g/mol. The van der Waals surface area contributed by atoms with Crippen LogP contribution in [-0.4, -0.2) is 41.1 Å². The smallest absolute Gasteiger partial charge is 0.437 e. The van der Waals surface area contributed by atoms with Gasteiger partial charge in [0, 0.05) is 12.9 Å². The lowest BCUT2D eigenvalue weighted by atomic mass is 10.2. The average Bonchev–Trinajstić information content (AvgIpc) is 2.24. The first kappa shape index (κ1) is 19.6. The fraction of sp³-hybridized carbons (Fsp3) is 0.571. The van der Waals surface area contributed by atoms with Gasteiger partial charge in [0.1, 0.15) is 11.2 Å². The van der Waals surface area contributed by atoms with Crippen molar-refractivity contribution >= 4 is 24.9 Å². The summed E-state index contributed by atoms with van der Waals surface area (Å²) in [6.07, 6.45) is -0.479. The van der Waals surface area contributed by atoms with Gasteiger partial charge in [0.2, 0.25) is 5.96 Å². The molecule has 124 valence electrons. The zero-order valence-electron chi connectivity index (χ0n) is 14.0. The average molecular weight is 312 g/mol. The number of hydrazone groups is 1. The number of rotatable bonds is 2. The number of guanidine groups is 1. The lowest BCUT2D eigenvalue weighted by Gasteiger charge is -2.22. The highest BCUT2D eigenvalue weighted by molar-refractivity contribution is 5.99. The Hall–Kier alpha value is -2.38. The number of carbonyl (C=O) groups excluding carboxylic acids is 2. The molecule has 0 bridgehead atoms. The fourth-order valence-electron chi connectivity index (χ4n) is 1.11. The molecule has 0 heterocycles. The van der Waals surface area contributed by atoms with E-state index in [1.165, 1.54) is 6.20 Å². The molecule has 22 heavy (non-hydrogen) atoms. The van der Waals surface area contributed by atoms with Gasteiger partial charge < -0.3 is 9.47 Å². The van der Waals surface area contributed by atoms with Gasteiger partial charge >= 0.3 is 12.2 Å². The van der Waals surface area contributed by atoms with Gasteiger partial charge in [0.15, 0.2) is 0 Å². The van der Waals surface area contributed by atoms with Crippen molar-refractivity contribution in [2.45, 2.75) is 52.7 Å². The van der Waals surface area contributed by atoms with Crippen LogP contribution in [0.25, 0.3) is 0 Å². The Kier molecular flexibility index (Phi) is 6.76. The van der Waals surface area contributed by atoms with E-state index in [1.54, 1.807) is 41.5 Å². The maximum atomic E-state index is 11.8. The molecule has 0 aromatic heterocycles. The second kappa shape index (κ2) is 7.58. The number of ether oxygens (including phenoxy) is 2. The third kappa shape index (κ3) is 8.72. The summed E-state index contributed by atoms with van der Waals surface area (Å²) in [4.78, 5) is 27.2. The first-order valence-electron chi connectivity index (χ1n) is 6.58. The molecule has 0 saturated carbocycles. The number of nitrogens with one attached hydrogen (secondary N) is 1. The van der Waals surface area contributed by atoms with Crippen molar-refractivity contribution in [2.75, 3.05) is 0 Å². The van der Waals surface area contributed by atoms with E-state index < -0.39 is 23.4 Å². The quantitative estimate of drug-likeness (QED) is 0.481. The van der Waals surface area contributed by atoms with Crippen molar-refractivity contribution in [2.24, 2.45) is 10.1 Å². The molecule has 2 amide bonds. The van der Waals surface area contributed by atoms with Gasteiger partial charge in [-0.05, 0) is 41.5 Å². The van der Waals surface area contributed by atoms with Gasteiger partial charge in [-0.2, -0.15) is 5.10 Å². The topological polar surface area (TPSA) is 92.6 Å². The lowest BCUT2D eigenvalue weighted by Crippen LogP contribution is -2.42. The molecule has 0 fully saturated rings. The molecule has 0 aliphatic carbocycles. The molecule has 0 saturated heterocycles. The highest BCUT2D eigenvalue weighted by Gasteiger charge is 2.22. The van der Waals surface area contributed by atoms with Crippen LogP contribution in [0.3, 0.4) is 0 Å².